The summed E-state index contributed by atoms with van der Waals surface area (Å²) in [6, 6.07) is 5.55. The van der Waals surface area contributed by atoms with Crippen molar-refractivity contribution >= 4 is 11.7 Å². The lowest BCUT2D eigenvalue weighted by Gasteiger charge is -2.27. The first kappa shape index (κ1) is 14.7. The number of carbonyl (C=O) groups excluding carboxylic acids is 1. The molecule has 1 N–H and O–H groups in total. The van der Waals surface area contributed by atoms with Crippen LogP contribution in [0.5, 0.6) is 0 Å². The molecule has 1 aliphatic rings. The van der Waals surface area contributed by atoms with Crippen LogP contribution in [-0.2, 0) is 4.74 Å². The lowest BCUT2D eigenvalue weighted by molar-refractivity contribution is 0.0946. The maximum absolute atomic E-state index is 12.0. The van der Waals surface area contributed by atoms with Crippen molar-refractivity contribution in [3.8, 4) is 0 Å². The number of anilines is 1. The van der Waals surface area contributed by atoms with Crippen molar-refractivity contribution in [2.75, 3.05) is 58.4 Å². The number of carbonyl (C=O) groups is 1. The molecule has 110 valence electrons. The van der Waals surface area contributed by atoms with Gasteiger partial charge in [0.05, 0.1) is 13.2 Å². The highest BCUT2D eigenvalue weighted by Gasteiger charge is 2.14. The number of rotatable bonds is 5. The average Bonchev–Trinajstić information content (AvgIpc) is 2.48. The molecule has 0 atom stereocenters. The summed E-state index contributed by atoms with van der Waals surface area (Å²) in [5, 5.41) is 2.87. The van der Waals surface area contributed by atoms with E-state index in [2.05, 4.69) is 15.2 Å². The minimum absolute atomic E-state index is 0.123. The molecule has 0 spiro atoms. The van der Waals surface area contributed by atoms with Gasteiger partial charge in [0.1, 0.15) is 11.5 Å². The van der Waals surface area contributed by atoms with Gasteiger partial charge in [0.25, 0.3) is 5.91 Å². The molecule has 0 bridgehead atoms. The Labute approximate surface area is 119 Å². The fourth-order valence-electron chi connectivity index (χ4n) is 2.00. The Morgan fingerprint density at radius 1 is 1.40 bits per heavy atom. The lowest BCUT2D eigenvalue weighted by Crippen LogP contribution is -2.37. The van der Waals surface area contributed by atoms with Crippen molar-refractivity contribution in [1.29, 1.82) is 0 Å². The SMILES string of the molecule is CN(C)CCNC(=O)c1cccc(N2CCOCC2)n1. The van der Waals surface area contributed by atoms with Gasteiger partial charge in [-0.15, -0.1) is 0 Å². The van der Waals surface area contributed by atoms with E-state index in [0.717, 1.165) is 25.5 Å². The van der Waals surface area contributed by atoms with Crippen LogP contribution in [0, 0.1) is 0 Å². The first-order valence-corrected chi connectivity index (χ1v) is 6.89. The number of pyridine rings is 1. The van der Waals surface area contributed by atoms with Crippen LogP contribution in [-0.4, -0.2) is 69.3 Å². The molecule has 0 saturated carbocycles. The number of likely N-dealkylation sites (N-methyl/N-ethyl adjacent to an activating group) is 1. The molecule has 0 radical (unpaired) electrons. The Kier molecular flexibility index (Phi) is 5.31. The number of nitrogens with one attached hydrogen (secondary N) is 1. The van der Waals surface area contributed by atoms with E-state index in [1.165, 1.54) is 0 Å². The predicted molar refractivity (Wildman–Crippen MR) is 78.2 cm³/mol. The van der Waals surface area contributed by atoms with Crippen LogP contribution in [0.2, 0.25) is 0 Å². The third-order valence-electron chi connectivity index (χ3n) is 3.15. The summed E-state index contributed by atoms with van der Waals surface area (Å²) in [5.74, 6) is 0.718. The highest BCUT2D eigenvalue weighted by molar-refractivity contribution is 5.92. The topological polar surface area (TPSA) is 57.7 Å². The van der Waals surface area contributed by atoms with Crippen LogP contribution in [0.25, 0.3) is 0 Å². The second kappa shape index (κ2) is 7.21. The first-order valence-electron chi connectivity index (χ1n) is 6.89. The Balaban J connectivity index is 1.96. The highest BCUT2D eigenvalue weighted by atomic mass is 16.5. The van der Waals surface area contributed by atoms with Gasteiger partial charge in [-0.3, -0.25) is 4.79 Å². The minimum Gasteiger partial charge on any atom is -0.378 e. The summed E-state index contributed by atoms with van der Waals surface area (Å²) in [4.78, 5) is 20.6. The van der Waals surface area contributed by atoms with Crippen molar-refractivity contribution in [3.63, 3.8) is 0 Å². The number of hydrogen-bond donors (Lipinski definition) is 1. The van der Waals surface area contributed by atoms with Gasteiger partial charge in [-0.25, -0.2) is 4.98 Å². The maximum Gasteiger partial charge on any atom is 0.270 e. The van der Waals surface area contributed by atoms with E-state index >= 15 is 0 Å². The van der Waals surface area contributed by atoms with E-state index in [4.69, 9.17) is 4.74 Å². The molecule has 6 heteroatoms. The van der Waals surface area contributed by atoms with Crippen molar-refractivity contribution in [1.82, 2.24) is 15.2 Å². The number of ether oxygens (including phenoxy) is 1. The van der Waals surface area contributed by atoms with Gasteiger partial charge in [0.15, 0.2) is 0 Å². The van der Waals surface area contributed by atoms with E-state index in [1.54, 1.807) is 6.07 Å². The second-order valence-corrected chi connectivity index (χ2v) is 5.04. The molecule has 0 unspecified atom stereocenters. The van der Waals surface area contributed by atoms with E-state index in [1.807, 2.05) is 31.1 Å². The number of amides is 1. The van der Waals surface area contributed by atoms with Gasteiger partial charge in [-0.2, -0.15) is 0 Å². The quantitative estimate of drug-likeness (QED) is 0.834. The number of nitrogens with zero attached hydrogens (tertiary/aromatic N) is 3. The van der Waals surface area contributed by atoms with Gasteiger partial charge in [-0.05, 0) is 26.2 Å². The van der Waals surface area contributed by atoms with Gasteiger partial charge in [0.2, 0.25) is 0 Å². The van der Waals surface area contributed by atoms with Gasteiger partial charge >= 0.3 is 0 Å². The second-order valence-electron chi connectivity index (χ2n) is 5.04. The molecular weight excluding hydrogens is 256 g/mol. The van der Waals surface area contributed by atoms with Crippen molar-refractivity contribution in [3.05, 3.63) is 23.9 Å². The van der Waals surface area contributed by atoms with Gasteiger partial charge in [0, 0.05) is 26.2 Å². The van der Waals surface area contributed by atoms with E-state index in [0.29, 0.717) is 25.5 Å². The molecule has 2 rings (SSSR count). The molecule has 2 heterocycles. The molecule has 20 heavy (non-hydrogen) atoms. The molecule has 1 fully saturated rings. The van der Waals surface area contributed by atoms with Crippen LogP contribution in [0.3, 0.4) is 0 Å². The summed E-state index contributed by atoms with van der Waals surface area (Å²) in [6.07, 6.45) is 0. The van der Waals surface area contributed by atoms with Gasteiger partial charge < -0.3 is 19.9 Å². The lowest BCUT2D eigenvalue weighted by atomic mass is 10.3. The average molecular weight is 278 g/mol. The Morgan fingerprint density at radius 2 is 2.15 bits per heavy atom. The van der Waals surface area contributed by atoms with Crippen molar-refractivity contribution in [2.24, 2.45) is 0 Å². The van der Waals surface area contributed by atoms with E-state index < -0.39 is 0 Å². The molecule has 0 aliphatic carbocycles. The fraction of sp³-hybridized carbons (Fsp3) is 0.571. The molecule has 1 aliphatic heterocycles. The maximum atomic E-state index is 12.0. The monoisotopic (exact) mass is 278 g/mol. The summed E-state index contributed by atoms with van der Waals surface area (Å²) in [5.41, 5.74) is 0.466. The Bertz CT molecular complexity index is 445. The third kappa shape index (κ3) is 4.18. The normalized spacial score (nSPS) is 15.4. The van der Waals surface area contributed by atoms with Crippen LogP contribution in [0.4, 0.5) is 5.82 Å². The largest absolute Gasteiger partial charge is 0.378 e. The minimum atomic E-state index is -0.123. The molecule has 1 aromatic rings. The standard InChI is InChI=1S/C14H22N4O2/c1-17(2)7-6-15-14(19)12-4-3-5-13(16-12)18-8-10-20-11-9-18/h3-5H,6-11H2,1-2H3,(H,15,19). The smallest absolute Gasteiger partial charge is 0.270 e. The zero-order valence-corrected chi connectivity index (χ0v) is 12.1. The Morgan fingerprint density at radius 3 is 2.85 bits per heavy atom. The molecule has 0 aromatic carbocycles. The molecular formula is C14H22N4O2. The van der Waals surface area contributed by atoms with E-state index in [-0.39, 0.29) is 5.91 Å². The number of morpholine rings is 1. The van der Waals surface area contributed by atoms with Crippen LogP contribution >= 0.6 is 0 Å². The first-order chi connectivity index (χ1) is 9.66. The van der Waals surface area contributed by atoms with Crippen molar-refractivity contribution in [2.45, 2.75) is 0 Å². The predicted octanol–water partition coefficient (Wildman–Crippen LogP) is 0.210. The van der Waals surface area contributed by atoms with E-state index in [9.17, 15) is 4.79 Å². The number of hydrogen-bond acceptors (Lipinski definition) is 5. The summed E-state index contributed by atoms with van der Waals surface area (Å²) >= 11 is 0. The highest BCUT2D eigenvalue weighted by Crippen LogP contribution is 2.13. The third-order valence-corrected chi connectivity index (χ3v) is 3.15. The molecule has 1 saturated heterocycles. The number of aromatic nitrogens is 1. The Hall–Kier alpha value is -1.66. The summed E-state index contributed by atoms with van der Waals surface area (Å²) in [7, 11) is 3.95. The molecule has 1 amide bonds. The summed E-state index contributed by atoms with van der Waals surface area (Å²) in [6.45, 7) is 4.49. The van der Waals surface area contributed by atoms with Gasteiger partial charge in [-0.1, -0.05) is 6.07 Å². The zero-order valence-electron chi connectivity index (χ0n) is 12.1. The van der Waals surface area contributed by atoms with Crippen LogP contribution < -0.4 is 10.2 Å². The zero-order chi connectivity index (χ0) is 14.4. The fourth-order valence-corrected chi connectivity index (χ4v) is 2.00. The van der Waals surface area contributed by atoms with Crippen LogP contribution in [0.15, 0.2) is 18.2 Å². The van der Waals surface area contributed by atoms with Crippen molar-refractivity contribution < 1.29 is 9.53 Å². The molecule has 1 aromatic heterocycles. The molecule has 6 nitrogen and oxygen atoms in total. The summed E-state index contributed by atoms with van der Waals surface area (Å²) < 4.78 is 5.32. The van der Waals surface area contributed by atoms with Crippen LogP contribution in [0.1, 0.15) is 10.5 Å².